The van der Waals surface area contributed by atoms with Crippen molar-refractivity contribution in [3.05, 3.63) is 23.2 Å². The van der Waals surface area contributed by atoms with Crippen molar-refractivity contribution in [2.24, 2.45) is 5.92 Å². The number of hydrogen-bond acceptors (Lipinski definition) is 4. The van der Waals surface area contributed by atoms with E-state index in [1.54, 1.807) is 6.07 Å². The van der Waals surface area contributed by atoms with Crippen LogP contribution in [0.3, 0.4) is 0 Å². The summed E-state index contributed by atoms with van der Waals surface area (Å²) in [5.41, 5.74) is 0. The molecule has 1 fully saturated rings. The zero-order valence-electron chi connectivity index (χ0n) is 11.5. The first-order chi connectivity index (χ1) is 9.86. The molecule has 116 valence electrons. The van der Waals surface area contributed by atoms with Crippen LogP contribution >= 0.6 is 23.4 Å². The molecule has 1 heterocycles. The first-order valence-corrected chi connectivity index (χ1v) is 9.47. The molecule has 0 spiro atoms. The number of halogens is 1. The minimum absolute atomic E-state index is 0.0135. The summed E-state index contributed by atoms with van der Waals surface area (Å²) in [4.78, 5) is 12.0. The van der Waals surface area contributed by atoms with Crippen LogP contribution < -0.4 is 0 Å². The van der Waals surface area contributed by atoms with Crippen LogP contribution in [0.2, 0.25) is 5.02 Å². The second-order valence-corrected chi connectivity index (χ2v) is 8.03. The fourth-order valence-electron chi connectivity index (χ4n) is 2.32. The van der Waals surface area contributed by atoms with Crippen molar-refractivity contribution in [1.82, 2.24) is 4.31 Å². The van der Waals surface area contributed by atoms with E-state index in [0.29, 0.717) is 24.4 Å². The Kier molecular flexibility index (Phi) is 5.19. The van der Waals surface area contributed by atoms with Crippen molar-refractivity contribution in [1.29, 1.82) is 0 Å². The number of carboxylic acids is 1. The maximum Gasteiger partial charge on any atom is 0.307 e. The van der Waals surface area contributed by atoms with Crippen LogP contribution in [0.4, 0.5) is 0 Å². The predicted molar refractivity (Wildman–Crippen MR) is 82.4 cm³/mol. The minimum atomic E-state index is -3.70. The highest BCUT2D eigenvalue weighted by Crippen LogP contribution is 2.30. The summed E-state index contributed by atoms with van der Waals surface area (Å²) in [6, 6.07) is 4.60. The van der Waals surface area contributed by atoms with Crippen LogP contribution in [-0.2, 0) is 14.8 Å². The number of rotatable bonds is 4. The Morgan fingerprint density at radius 1 is 1.48 bits per heavy atom. The number of hydrogen-bond donors (Lipinski definition) is 1. The van der Waals surface area contributed by atoms with Gasteiger partial charge in [-0.05, 0) is 37.3 Å². The fraction of sp³-hybridized carbons (Fsp3) is 0.462. The van der Waals surface area contributed by atoms with E-state index in [-0.39, 0.29) is 11.4 Å². The topological polar surface area (TPSA) is 74.7 Å². The Morgan fingerprint density at radius 2 is 2.19 bits per heavy atom. The Labute approximate surface area is 133 Å². The Bertz CT molecular complexity index is 648. The molecule has 1 atom stereocenters. The van der Waals surface area contributed by atoms with Crippen molar-refractivity contribution in [2.75, 3.05) is 19.3 Å². The van der Waals surface area contributed by atoms with Gasteiger partial charge in [-0.25, -0.2) is 8.42 Å². The van der Waals surface area contributed by atoms with Gasteiger partial charge in [-0.2, -0.15) is 4.31 Å². The van der Waals surface area contributed by atoms with Crippen molar-refractivity contribution < 1.29 is 18.3 Å². The number of nitrogens with zero attached hydrogens (tertiary/aromatic N) is 1. The largest absolute Gasteiger partial charge is 0.481 e. The first-order valence-electron chi connectivity index (χ1n) is 6.42. The molecule has 0 bridgehead atoms. The second-order valence-electron chi connectivity index (χ2n) is 4.84. The summed E-state index contributed by atoms with van der Waals surface area (Å²) in [7, 11) is -3.70. The number of carbonyl (C=O) groups is 1. The van der Waals surface area contributed by atoms with Gasteiger partial charge in [-0.3, -0.25) is 4.79 Å². The van der Waals surface area contributed by atoms with Gasteiger partial charge < -0.3 is 5.11 Å². The molecule has 0 aliphatic carbocycles. The summed E-state index contributed by atoms with van der Waals surface area (Å²) in [6.07, 6.45) is 2.91. The number of sulfonamides is 1. The molecule has 0 saturated carbocycles. The molecule has 5 nitrogen and oxygen atoms in total. The molecule has 0 radical (unpaired) electrons. The SMILES string of the molecule is CSc1ccc(S(=O)(=O)N2CCCC(C(=O)O)C2)cc1Cl. The molecule has 2 rings (SSSR count). The maximum absolute atomic E-state index is 12.6. The smallest absolute Gasteiger partial charge is 0.307 e. The highest BCUT2D eigenvalue weighted by Gasteiger charge is 2.33. The summed E-state index contributed by atoms with van der Waals surface area (Å²) in [6.45, 7) is 0.355. The molecule has 1 saturated heterocycles. The number of piperidine rings is 1. The Morgan fingerprint density at radius 3 is 2.76 bits per heavy atom. The molecule has 1 aliphatic heterocycles. The van der Waals surface area contributed by atoms with Gasteiger partial charge in [-0.1, -0.05) is 11.6 Å². The number of thioether (sulfide) groups is 1. The lowest BCUT2D eigenvalue weighted by molar-refractivity contribution is -0.142. The molecular formula is C13H16ClNO4S2. The zero-order chi connectivity index (χ0) is 15.6. The van der Waals surface area contributed by atoms with Gasteiger partial charge in [0.05, 0.1) is 15.8 Å². The summed E-state index contributed by atoms with van der Waals surface area (Å²) in [5, 5.41) is 9.44. The molecule has 1 aliphatic rings. The predicted octanol–water partition coefficient (Wildman–Crippen LogP) is 2.55. The van der Waals surface area contributed by atoms with Gasteiger partial charge in [0.25, 0.3) is 0 Å². The van der Waals surface area contributed by atoms with E-state index in [0.717, 1.165) is 4.90 Å². The number of aliphatic carboxylic acids is 1. The number of benzene rings is 1. The van der Waals surface area contributed by atoms with Crippen LogP contribution in [0.1, 0.15) is 12.8 Å². The van der Waals surface area contributed by atoms with Crippen molar-refractivity contribution >= 4 is 39.4 Å². The third kappa shape index (κ3) is 3.53. The Balaban J connectivity index is 2.29. The molecule has 8 heteroatoms. The third-order valence-corrected chi connectivity index (χ3v) is 6.58. The average molecular weight is 350 g/mol. The van der Waals surface area contributed by atoms with E-state index in [9.17, 15) is 13.2 Å². The van der Waals surface area contributed by atoms with Gasteiger partial charge in [0.1, 0.15) is 0 Å². The van der Waals surface area contributed by atoms with Crippen LogP contribution in [-0.4, -0.2) is 43.1 Å². The van der Waals surface area contributed by atoms with E-state index in [4.69, 9.17) is 16.7 Å². The van der Waals surface area contributed by atoms with Gasteiger partial charge >= 0.3 is 5.97 Å². The fourth-order valence-corrected chi connectivity index (χ4v) is 4.80. The van der Waals surface area contributed by atoms with Crippen LogP contribution in [0.15, 0.2) is 28.0 Å². The summed E-state index contributed by atoms with van der Waals surface area (Å²) < 4.78 is 26.4. The zero-order valence-corrected chi connectivity index (χ0v) is 13.8. The minimum Gasteiger partial charge on any atom is -0.481 e. The number of carboxylic acid groups (broad SMARTS) is 1. The average Bonchev–Trinajstić information content (AvgIpc) is 2.47. The summed E-state index contributed by atoms with van der Waals surface area (Å²) >= 11 is 7.49. The van der Waals surface area contributed by atoms with E-state index in [1.807, 2.05) is 6.26 Å². The Hall–Kier alpha value is -0.760. The quantitative estimate of drug-likeness (QED) is 0.845. The third-order valence-electron chi connectivity index (χ3n) is 3.49. The molecule has 21 heavy (non-hydrogen) atoms. The lowest BCUT2D eigenvalue weighted by atomic mass is 10.0. The normalized spacial score (nSPS) is 20.4. The monoisotopic (exact) mass is 349 g/mol. The van der Waals surface area contributed by atoms with Crippen LogP contribution in [0, 0.1) is 5.92 Å². The van der Waals surface area contributed by atoms with Crippen molar-refractivity contribution in [2.45, 2.75) is 22.6 Å². The second kappa shape index (κ2) is 6.56. The molecule has 1 aromatic carbocycles. The summed E-state index contributed by atoms with van der Waals surface area (Å²) in [5.74, 6) is -1.60. The molecular weight excluding hydrogens is 334 g/mol. The molecule has 1 aromatic rings. The van der Waals surface area contributed by atoms with Crippen LogP contribution in [0.5, 0.6) is 0 Å². The highest BCUT2D eigenvalue weighted by atomic mass is 35.5. The van der Waals surface area contributed by atoms with Gasteiger partial charge in [0, 0.05) is 18.0 Å². The highest BCUT2D eigenvalue weighted by molar-refractivity contribution is 7.98. The standard InChI is InChI=1S/C13H16ClNO4S2/c1-20-12-5-4-10(7-11(12)14)21(18,19)15-6-2-3-9(8-15)13(16)17/h4-5,7,9H,2-3,6,8H2,1H3,(H,16,17). The van der Waals surface area contributed by atoms with Gasteiger partial charge in [0.15, 0.2) is 0 Å². The lowest BCUT2D eigenvalue weighted by Gasteiger charge is -2.29. The molecule has 1 N–H and O–H groups in total. The van der Waals surface area contributed by atoms with Crippen molar-refractivity contribution in [3.8, 4) is 0 Å². The molecule has 0 amide bonds. The van der Waals surface area contributed by atoms with E-state index < -0.39 is 21.9 Å². The van der Waals surface area contributed by atoms with Gasteiger partial charge in [-0.15, -0.1) is 11.8 Å². The van der Waals surface area contributed by atoms with E-state index in [2.05, 4.69) is 0 Å². The van der Waals surface area contributed by atoms with Crippen molar-refractivity contribution in [3.63, 3.8) is 0 Å². The van der Waals surface area contributed by atoms with Crippen LogP contribution in [0.25, 0.3) is 0 Å². The maximum atomic E-state index is 12.6. The van der Waals surface area contributed by atoms with E-state index >= 15 is 0 Å². The lowest BCUT2D eigenvalue weighted by Crippen LogP contribution is -2.42. The van der Waals surface area contributed by atoms with Gasteiger partial charge in [0.2, 0.25) is 10.0 Å². The first kappa shape index (κ1) is 16.6. The van der Waals surface area contributed by atoms with E-state index in [1.165, 1.54) is 28.2 Å². The molecule has 0 aromatic heterocycles. The molecule has 1 unspecified atom stereocenters.